The number of hydrogen-bond donors (Lipinski definition) is 2. The summed E-state index contributed by atoms with van der Waals surface area (Å²) in [5, 5.41) is 4.65. The second-order valence-corrected chi connectivity index (χ2v) is 5.72. The zero-order valence-corrected chi connectivity index (χ0v) is 13.5. The van der Waals surface area contributed by atoms with Crippen molar-refractivity contribution in [3.8, 4) is 0 Å². The fraction of sp³-hybridized carbons (Fsp3) is 0.923. The van der Waals surface area contributed by atoms with Gasteiger partial charge in [-0.25, -0.2) is 13.6 Å². The number of halogens is 2. The molecule has 0 saturated carbocycles. The maximum absolute atomic E-state index is 13.6. The van der Waals surface area contributed by atoms with Gasteiger partial charge in [0.1, 0.15) is 5.60 Å². The predicted octanol–water partition coefficient (Wildman–Crippen LogP) is 1.74. The van der Waals surface area contributed by atoms with Gasteiger partial charge in [0, 0.05) is 14.2 Å². The average molecular weight is 312 g/mol. The van der Waals surface area contributed by atoms with E-state index in [0.717, 1.165) is 0 Å². The van der Waals surface area contributed by atoms with Gasteiger partial charge >= 0.3 is 6.09 Å². The topological polar surface area (TPSA) is 68.8 Å². The molecule has 0 bridgehead atoms. The summed E-state index contributed by atoms with van der Waals surface area (Å²) in [5.41, 5.74) is -0.726. The Morgan fingerprint density at radius 2 is 1.67 bits per heavy atom. The second kappa shape index (κ2) is 8.45. The molecule has 1 amide bonds. The first kappa shape index (κ1) is 20.0. The van der Waals surface area contributed by atoms with E-state index in [1.54, 1.807) is 27.7 Å². The van der Waals surface area contributed by atoms with E-state index in [1.165, 1.54) is 14.2 Å². The summed E-state index contributed by atoms with van der Waals surface area (Å²) in [4.78, 5) is 11.3. The number of rotatable bonds is 8. The SMILES string of the molecule is COC(OC)C(C)NCC(F)(F)CNC(=O)OC(C)(C)C. The van der Waals surface area contributed by atoms with Crippen LogP contribution >= 0.6 is 0 Å². The smallest absolute Gasteiger partial charge is 0.407 e. The Labute approximate surface area is 124 Å². The molecule has 1 atom stereocenters. The minimum Gasteiger partial charge on any atom is -0.444 e. The quantitative estimate of drug-likeness (QED) is 0.668. The molecule has 0 aliphatic rings. The maximum atomic E-state index is 13.6. The van der Waals surface area contributed by atoms with Crippen LogP contribution in [0.4, 0.5) is 13.6 Å². The van der Waals surface area contributed by atoms with E-state index >= 15 is 0 Å². The van der Waals surface area contributed by atoms with Crippen LogP contribution in [0.15, 0.2) is 0 Å². The Morgan fingerprint density at radius 3 is 2.10 bits per heavy atom. The first-order chi connectivity index (χ1) is 9.50. The molecule has 0 fully saturated rings. The molecule has 0 saturated heterocycles. The van der Waals surface area contributed by atoms with Crippen LogP contribution in [0.3, 0.4) is 0 Å². The van der Waals surface area contributed by atoms with Gasteiger partial charge in [0.05, 0.1) is 19.1 Å². The van der Waals surface area contributed by atoms with Crippen molar-refractivity contribution >= 4 is 6.09 Å². The van der Waals surface area contributed by atoms with Crippen molar-refractivity contribution in [2.45, 2.75) is 51.6 Å². The Kier molecular flexibility index (Phi) is 8.05. The van der Waals surface area contributed by atoms with Gasteiger partial charge in [0.25, 0.3) is 5.92 Å². The van der Waals surface area contributed by atoms with Crippen LogP contribution in [0, 0.1) is 0 Å². The molecule has 21 heavy (non-hydrogen) atoms. The highest BCUT2D eigenvalue weighted by atomic mass is 19.3. The van der Waals surface area contributed by atoms with E-state index in [-0.39, 0.29) is 0 Å². The minimum atomic E-state index is -3.11. The lowest BCUT2D eigenvalue weighted by Gasteiger charge is -2.25. The maximum Gasteiger partial charge on any atom is 0.407 e. The minimum absolute atomic E-state index is 0.424. The molecular formula is C13H26F2N2O4. The van der Waals surface area contributed by atoms with Gasteiger partial charge in [-0.3, -0.25) is 0 Å². The highest BCUT2D eigenvalue weighted by Crippen LogP contribution is 2.12. The second-order valence-electron chi connectivity index (χ2n) is 5.72. The first-order valence-electron chi connectivity index (χ1n) is 6.64. The van der Waals surface area contributed by atoms with Crippen molar-refractivity contribution in [1.29, 1.82) is 0 Å². The van der Waals surface area contributed by atoms with E-state index in [9.17, 15) is 13.6 Å². The van der Waals surface area contributed by atoms with Crippen LogP contribution in [0.5, 0.6) is 0 Å². The van der Waals surface area contributed by atoms with Crippen LogP contribution in [-0.2, 0) is 14.2 Å². The lowest BCUT2D eigenvalue weighted by Crippen LogP contribution is -2.49. The molecule has 0 heterocycles. The van der Waals surface area contributed by atoms with Gasteiger partial charge in [-0.2, -0.15) is 0 Å². The Morgan fingerprint density at radius 1 is 1.14 bits per heavy atom. The lowest BCUT2D eigenvalue weighted by molar-refractivity contribution is -0.123. The number of alkyl halides is 2. The summed E-state index contributed by atoms with van der Waals surface area (Å²) in [5.74, 6) is -3.11. The monoisotopic (exact) mass is 312 g/mol. The predicted molar refractivity (Wildman–Crippen MR) is 74.5 cm³/mol. The lowest BCUT2D eigenvalue weighted by atomic mass is 10.2. The zero-order chi connectivity index (χ0) is 16.7. The Balaban J connectivity index is 4.17. The van der Waals surface area contributed by atoms with Gasteiger partial charge in [-0.1, -0.05) is 0 Å². The molecule has 0 aromatic rings. The molecular weight excluding hydrogens is 286 g/mol. The molecule has 8 heteroatoms. The average Bonchev–Trinajstić information content (AvgIpc) is 2.34. The number of carbonyl (C=O) groups excluding carboxylic acids is 1. The normalized spacial score (nSPS) is 14.1. The van der Waals surface area contributed by atoms with E-state index < -0.39 is 43.0 Å². The number of carbonyl (C=O) groups is 1. The third kappa shape index (κ3) is 9.54. The number of hydrogen-bond acceptors (Lipinski definition) is 5. The molecule has 0 aliphatic carbocycles. The van der Waals surface area contributed by atoms with Crippen molar-refractivity contribution in [2.75, 3.05) is 27.3 Å². The van der Waals surface area contributed by atoms with E-state index in [2.05, 4.69) is 5.32 Å². The van der Waals surface area contributed by atoms with Crippen molar-refractivity contribution in [1.82, 2.24) is 10.6 Å². The van der Waals surface area contributed by atoms with Crippen LogP contribution in [0.2, 0.25) is 0 Å². The van der Waals surface area contributed by atoms with Gasteiger partial charge in [-0.15, -0.1) is 0 Å². The molecule has 0 spiro atoms. The Bertz CT molecular complexity index is 318. The molecule has 0 rings (SSSR count). The summed E-state index contributed by atoms with van der Waals surface area (Å²) in [6.45, 7) is 5.20. The Hall–Kier alpha value is -0.990. The van der Waals surface area contributed by atoms with Crippen molar-refractivity contribution < 1.29 is 27.8 Å². The summed E-state index contributed by atoms with van der Waals surface area (Å²) >= 11 is 0. The van der Waals surface area contributed by atoms with Gasteiger partial charge < -0.3 is 24.8 Å². The summed E-state index contributed by atoms with van der Waals surface area (Å²) in [6, 6.07) is -0.424. The number of alkyl carbamates (subject to hydrolysis) is 1. The van der Waals surface area contributed by atoms with Crippen molar-refractivity contribution in [2.24, 2.45) is 0 Å². The van der Waals surface area contributed by atoms with Crippen LogP contribution in [-0.4, -0.2) is 57.3 Å². The zero-order valence-electron chi connectivity index (χ0n) is 13.5. The number of nitrogens with one attached hydrogen (secondary N) is 2. The van der Waals surface area contributed by atoms with Crippen molar-refractivity contribution in [3.05, 3.63) is 0 Å². The first-order valence-corrected chi connectivity index (χ1v) is 6.64. The molecule has 0 aliphatic heterocycles. The molecule has 6 nitrogen and oxygen atoms in total. The van der Waals surface area contributed by atoms with Gasteiger partial charge in [0.2, 0.25) is 0 Å². The molecule has 126 valence electrons. The van der Waals surface area contributed by atoms with E-state index in [4.69, 9.17) is 14.2 Å². The van der Waals surface area contributed by atoms with Gasteiger partial charge in [-0.05, 0) is 27.7 Å². The fourth-order valence-corrected chi connectivity index (χ4v) is 1.49. The summed E-state index contributed by atoms with van der Waals surface area (Å²) < 4.78 is 42.1. The molecule has 2 N–H and O–H groups in total. The van der Waals surface area contributed by atoms with E-state index in [0.29, 0.717) is 0 Å². The molecule has 0 radical (unpaired) electrons. The van der Waals surface area contributed by atoms with Crippen LogP contribution in [0.25, 0.3) is 0 Å². The number of amides is 1. The number of ether oxygens (including phenoxy) is 3. The third-order valence-electron chi connectivity index (χ3n) is 2.45. The molecule has 0 aromatic carbocycles. The third-order valence-corrected chi connectivity index (χ3v) is 2.45. The largest absolute Gasteiger partial charge is 0.444 e. The summed E-state index contributed by atoms with van der Waals surface area (Å²) in [7, 11) is 2.85. The highest BCUT2D eigenvalue weighted by molar-refractivity contribution is 5.67. The molecule has 0 aromatic heterocycles. The highest BCUT2D eigenvalue weighted by Gasteiger charge is 2.31. The summed E-state index contributed by atoms with van der Waals surface area (Å²) in [6.07, 6.45) is -1.50. The standard InChI is InChI=1S/C13H26F2N2O4/c1-9(10(19-5)20-6)16-7-13(14,15)8-17-11(18)21-12(2,3)4/h9-10,16H,7-8H2,1-6H3,(H,17,18). The molecule has 1 unspecified atom stereocenters. The van der Waals surface area contributed by atoms with E-state index in [1.807, 2.05) is 5.32 Å². The van der Waals surface area contributed by atoms with Gasteiger partial charge in [0.15, 0.2) is 6.29 Å². The van der Waals surface area contributed by atoms with Crippen LogP contribution in [0.1, 0.15) is 27.7 Å². The van der Waals surface area contributed by atoms with Crippen LogP contribution < -0.4 is 10.6 Å². The number of methoxy groups -OCH3 is 2. The van der Waals surface area contributed by atoms with Crippen molar-refractivity contribution in [3.63, 3.8) is 0 Å². The fourth-order valence-electron chi connectivity index (χ4n) is 1.49.